The van der Waals surface area contributed by atoms with Gasteiger partial charge in [-0.1, -0.05) is 35.9 Å². The third kappa shape index (κ3) is 4.27. The highest BCUT2D eigenvalue weighted by atomic mass is 35.7. The summed E-state index contributed by atoms with van der Waals surface area (Å²) >= 11 is 6.13. The van der Waals surface area contributed by atoms with E-state index in [2.05, 4.69) is 0 Å². The molecule has 2 aromatic rings. The van der Waals surface area contributed by atoms with E-state index in [1.54, 1.807) is 6.07 Å². The Morgan fingerprint density at radius 1 is 1.00 bits per heavy atom. The van der Waals surface area contributed by atoms with Crippen molar-refractivity contribution in [1.82, 2.24) is 0 Å². The van der Waals surface area contributed by atoms with Gasteiger partial charge in [-0.15, -0.1) is 0 Å². The first-order valence-electron chi connectivity index (χ1n) is 6.20. The van der Waals surface area contributed by atoms with Crippen LogP contribution in [0.1, 0.15) is 12.8 Å². The van der Waals surface area contributed by atoms with Gasteiger partial charge in [0.05, 0.1) is 12.4 Å². The molecule has 0 saturated heterocycles. The summed E-state index contributed by atoms with van der Waals surface area (Å²) in [6.07, 6.45) is 1.11. The zero-order valence-corrected chi connectivity index (χ0v) is 13.0. The van der Waals surface area contributed by atoms with Crippen LogP contribution in [0.4, 0.5) is 0 Å². The van der Waals surface area contributed by atoms with Crippen LogP contribution in [0.3, 0.4) is 0 Å². The van der Waals surface area contributed by atoms with Crippen molar-refractivity contribution in [2.45, 2.75) is 12.8 Å². The molecule has 0 aliphatic rings. The molecule has 0 atom stereocenters. The second kappa shape index (κ2) is 6.66. The second-order valence-corrected chi connectivity index (χ2v) is 7.69. The minimum Gasteiger partial charge on any atom is -0.493 e. The second-order valence-electron chi connectivity index (χ2n) is 4.39. The fourth-order valence-corrected chi connectivity index (χ4v) is 3.02. The van der Waals surface area contributed by atoms with Crippen molar-refractivity contribution in [3.63, 3.8) is 0 Å². The molecule has 0 spiro atoms. The molecule has 2 rings (SSSR count). The Bertz CT molecular complexity index is 699. The van der Waals surface area contributed by atoms with E-state index in [1.165, 1.54) is 0 Å². The lowest BCUT2D eigenvalue weighted by atomic mass is 10.1. The highest BCUT2D eigenvalue weighted by Gasteiger charge is 2.06. The summed E-state index contributed by atoms with van der Waals surface area (Å²) in [6, 6.07) is 11.3. The number of hydrogen-bond donors (Lipinski definition) is 0. The highest BCUT2D eigenvalue weighted by Crippen LogP contribution is 2.31. The van der Waals surface area contributed by atoms with E-state index in [-0.39, 0.29) is 5.75 Å². The molecule has 0 fully saturated rings. The van der Waals surface area contributed by atoms with Gasteiger partial charge in [0.1, 0.15) is 5.75 Å². The maximum Gasteiger partial charge on any atom is 0.232 e. The Hall–Kier alpha value is -0.970. The zero-order valence-electron chi connectivity index (χ0n) is 10.7. The molecule has 0 heterocycles. The summed E-state index contributed by atoms with van der Waals surface area (Å²) in [5, 5.41) is 2.57. The number of hydrogen-bond acceptors (Lipinski definition) is 3. The van der Waals surface area contributed by atoms with Crippen LogP contribution >= 0.6 is 22.3 Å². The molecule has 0 saturated carbocycles. The van der Waals surface area contributed by atoms with Crippen LogP contribution in [0.2, 0.25) is 5.02 Å². The molecule has 0 N–H and O–H groups in total. The van der Waals surface area contributed by atoms with Gasteiger partial charge in [-0.3, -0.25) is 0 Å². The van der Waals surface area contributed by atoms with Gasteiger partial charge in [-0.25, -0.2) is 8.42 Å². The molecule has 0 aliphatic carbocycles. The van der Waals surface area contributed by atoms with Gasteiger partial charge in [0.15, 0.2) is 0 Å². The van der Waals surface area contributed by atoms with Crippen LogP contribution in [0, 0.1) is 0 Å². The molecule has 0 radical (unpaired) electrons. The lowest BCUT2D eigenvalue weighted by molar-refractivity contribution is 0.313. The average molecular weight is 333 g/mol. The fourth-order valence-electron chi connectivity index (χ4n) is 1.92. The molecule has 0 aliphatic heterocycles. The van der Waals surface area contributed by atoms with Gasteiger partial charge in [0.25, 0.3) is 0 Å². The Kier molecular flexibility index (Phi) is 5.13. The molecule has 2 aromatic carbocycles. The van der Waals surface area contributed by atoms with E-state index in [9.17, 15) is 8.42 Å². The van der Waals surface area contributed by atoms with Crippen molar-refractivity contribution in [1.29, 1.82) is 0 Å². The van der Waals surface area contributed by atoms with Crippen LogP contribution in [0.5, 0.6) is 5.75 Å². The quantitative estimate of drug-likeness (QED) is 0.587. The molecule has 0 amide bonds. The third-order valence-corrected chi connectivity index (χ3v) is 4.44. The Balaban J connectivity index is 1.99. The number of rotatable bonds is 6. The summed E-state index contributed by atoms with van der Waals surface area (Å²) < 4.78 is 27.3. The van der Waals surface area contributed by atoms with Crippen LogP contribution in [-0.2, 0) is 9.05 Å². The van der Waals surface area contributed by atoms with Gasteiger partial charge in [0.2, 0.25) is 9.05 Å². The average Bonchev–Trinajstić information content (AvgIpc) is 2.40. The summed E-state index contributed by atoms with van der Waals surface area (Å²) in [4.78, 5) is 0. The molecule has 3 nitrogen and oxygen atoms in total. The van der Waals surface area contributed by atoms with Crippen LogP contribution in [-0.4, -0.2) is 20.8 Å². The first-order valence-corrected chi connectivity index (χ1v) is 9.05. The maximum absolute atomic E-state index is 10.8. The van der Waals surface area contributed by atoms with E-state index in [1.807, 2.05) is 30.3 Å². The normalized spacial score (nSPS) is 11.7. The van der Waals surface area contributed by atoms with Crippen molar-refractivity contribution in [3.8, 4) is 5.75 Å². The SMILES string of the molecule is O=S(=O)(Cl)CCCCOc1ccc(Cl)c2ccccc12. The number of benzene rings is 2. The van der Waals surface area contributed by atoms with E-state index < -0.39 is 9.05 Å². The summed E-state index contributed by atoms with van der Waals surface area (Å²) in [6.45, 7) is 0.442. The molecule has 0 aromatic heterocycles. The minimum atomic E-state index is -3.41. The predicted molar refractivity (Wildman–Crippen MR) is 83.3 cm³/mol. The Labute approximate surface area is 127 Å². The van der Waals surface area contributed by atoms with Crippen molar-refractivity contribution in [2.75, 3.05) is 12.4 Å². The standard InChI is InChI=1S/C14H14Cl2O3S/c15-13-7-8-14(12-6-2-1-5-11(12)13)19-9-3-4-10-20(16,17)18/h1-2,5-8H,3-4,9-10H2. The monoisotopic (exact) mass is 332 g/mol. The van der Waals surface area contributed by atoms with Crippen molar-refractivity contribution in [2.24, 2.45) is 0 Å². The van der Waals surface area contributed by atoms with Gasteiger partial charge in [-0.05, 0) is 25.0 Å². The fraction of sp³-hybridized carbons (Fsp3) is 0.286. The van der Waals surface area contributed by atoms with Crippen LogP contribution < -0.4 is 4.74 Å². The molecular formula is C14H14Cl2O3S. The number of unbranched alkanes of at least 4 members (excludes halogenated alkanes) is 1. The summed E-state index contributed by atoms with van der Waals surface area (Å²) in [5.74, 6) is 0.720. The van der Waals surface area contributed by atoms with Crippen molar-refractivity contribution < 1.29 is 13.2 Å². The lowest BCUT2D eigenvalue weighted by Gasteiger charge is -2.10. The van der Waals surface area contributed by atoms with Crippen LogP contribution in [0.25, 0.3) is 10.8 Å². The van der Waals surface area contributed by atoms with E-state index in [0.717, 1.165) is 16.5 Å². The molecule has 6 heteroatoms. The Morgan fingerprint density at radius 2 is 1.70 bits per heavy atom. The number of halogens is 2. The smallest absolute Gasteiger partial charge is 0.232 e. The summed E-state index contributed by atoms with van der Waals surface area (Å²) in [5.41, 5.74) is 0. The van der Waals surface area contributed by atoms with Crippen molar-refractivity contribution in [3.05, 3.63) is 41.4 Å². The van der Waals surface area contributed by atoms with Gasteiger partial charge >= 0.3 is 0 Å². The molecular weight excluding hydrogens is 319 g/mol. The molecule has 0 bridgehead atoms. The van der Waals surface area contributed by atoms with Crippen LogP contribution in [0.15, 0.2) is 36.4 Å². The Morgan fingerprint density at radius 3 is 2.40 bits per heavy atom. The van der Waals surface area contributed by atoms with Gasteiger partial charge in [0, 0.05) is 26.5 Å². The molecule has 0 unspecified atom stereocenters. The number of fused-ring (bicyclic) bond motifs is 1. The van der Waals surface area contributed by atoms with Crippen molar-refractivity contribution >= 4 is 42.1 Å². The van der Waals surface area contributed by atoms with Gasteiger partial charge < -0.3 is 4.74 Å². The lowest BCUT2D eigenvalue weighted by Crippen LogP contribution is -2.02. The van der Waals surface area contributed by atoms with E-state index in [4.69, 9.17) is 27.0 Å². The highest BCUT2D eigenvalue weighted by molar-refractivity contribution is 8.13. The first-order chi connectivity index (χ1) is 9.47. The van der Waals surface area contributed by atoms with E-state index in [0.29, 0.717) is 24.5 Å². The van der Waals surface area contributed by atoms with E-state index >= 15 is 0 Å². The zero-order chi connectivity index (χ0) is 14.6. The predicted octanol–water partition coefficient (Wildman–Crippen LogP) is 4.22. The minimum absolute atomic E-state index is 0.0285. The number of ether oxygens (including phenoxy) is 1. The summed E-state index contributed by atoms with van der Waals surface area (Å²) in [7, 11) is 1.73. The third-order valence-electron chi connectivity index (χ3n) is 2.87. The molecule has 20 heavy (non-hydrogen) atoms. The largest absolute Gasteiger partial charge is 0.493 e. The maximum atomic E-state index is 10.8. The topological polar surface area (TPSA) is 43.4 Å². The first kappa shape index (κ1) is 15.4. The molecule has 108 valence electrons. The van der Waals surface area contributed by atoms with Gasteiger partial charge in [-0.2, -0.15) is 0 Å².